The van der Waals surface area contributed by atoms with E-state index in [1.54, 1.807) is 20.3 Å². The number of hydrogen-bond acceptors (Lipinski definition) is 5. The van der Waals surface area contributed by atoms with E-state index in [-0.39, 0.29) is 5.75 Å². The normalized spacial score (nSPS) is 13.9. The van der Waals surface area contributed by atoms with Gasteiger partial charge in [0.15, 0.2) is 0 Å². The Kier molecular flexibility index (Phi) is 5.80. The molecule has 0 amide bonds. The lowest BCUT2D eigenvalue weighted by Crippen LogP contribution is -2.17. The predicted molar refractivity (Wildman–Crippen MR) is 136 cm³/mol. The molecule has 1 heterocycles. The zero-order chi connectivity index (χ0) is 23.8. The Morgan fingerprint density at radius 2 is 1.32 bits per heavy atom. The van der Waals surface area contributed by atoms with Crippen LogP contribution in [0.3, 0.4) is 0 Å². The first-order chi connectivity index (χ1) is 16.5. The van der Waals surface area contributed by atoms with Crippen LogP contribution in [0, 0.1) is 13.8 Å². The molecule has 6 heteroatoms. The average Bonchev–Trinajstić information content (AvgIpc) is 2.86. The summed E-state index contributed by atoms with van der Waals surface area (Å²) < 4.78 is 24.1. The van der Waals surface area contributed by atoms with Crippen molar-refractivity contribution in [2.75, 3.05) is 14.2 Å². The maximum absolute atomic E-state index is 11.0. The van der Waals surface area contributed by atoms with Gasteiger partial charge in [-0.1, -0.05) is 36.4 Å². The third-order valence-electron chi connectivity index (χ3n) is 5.92. The fourth-order valence-corrected chi connectivity index (χ4v) is 5.75. The summed E-state index contributed by atoms with van der Waals surface area (Å²) in [6.45, 7) is 3.81. The Balaban J connectivity index is 1.66. The van der Waals surface area contributed by atoms with Gasteiger partial charge in [-0.3, -0.25) is 0 Å². The SMILES string of the molecule is COc1cc(C)c(O)c(-c2cc(OC)cc(C)c2OP2Oc3ccccc3-c3ccccc32)c1. The summed E-state index contributed by atoms with van der Waals surface area (Å²) >= 11 is 0. The zero-order valence-corrected chi connectivity index (χ0v) is 20.4. The molecular weight excluding hydrogens is 447 g/mol. The maximum Gasteiger partial charge on any atom is 0.326 e. The molecule has 1 aliphatic heterocycles. The van der Waals surface area contributed by atoms with Crippen molar-refractivity contribution < 1.29 is 23.6 Å². The van der Waals surface area contributed by atoms with Gasteiger partial charge in [-0.2, -0.15) is 0 Å². The Hall–Kier alpha value is -3.69. The Bertz CT molecular complexity index is 1380. The van der Waals surface area contributed by atoms with Crippen LogP contribution in [0.25, 0.3) is 22.3 Å². The first kappa shape index (κ1) is 22.1. The van der Waals surface area contributed by atoms with Crippen LogP contribution < -0.4 is 23.8 Å². The van der Waals surface area contributed by atoms with Gasteiger partial charge in [0.2, 0.25) is 0 Å². The van der Waals surface area contributed by atoms with Gasteiger partial charge >= 0.3 is 8.38 Å². The molecule has 0 fully saturated rings. The molecule has 5 nitrogen and oxygen atoms in total. The number of benzene rings is 4. The first-order valence-corrected chi connectivity index (χ1v) is 12.1. The molecule has 5 rings (SSSR count). The molecule has 0 aromatic heterocycles. The molecule has 1 N–H and O–H groups in total. The van der Waals surface area contributed by atoms with Crippen LogP contribution in [0.2, 0.25) is 0 Å². The monoisotopic (exact) mass is 472 g/mol. The standard InChI is InChI=1S/C28H25O5P/c1-17-13-19(30-3)15-23(27(17)29)24-16-20(31-4)14-18(2)28(24)33-34-26-12-8-6-10-22(26)21-9-5-7-11-25(21)32-34/h5-16,29H,1-4H3. The largest absolute Gasteiger partial charge is 0.507 e. The second kappa shape index (κ2) is 8.92. The lowest BCUT2D eigenvalue weighted by atomic mass is 9.98. The van der Waals surface area contributed by atoms with E-state index in [2.05, 4.69) is 12.1 Å². The van der Waals surface area contributed by atoms with E-state index in [0.717, 1.165) is 27.7 Å². The number of methoxy groups -OCH3 is 2. The Morgan fingerprint density at radius 3 is 2.06 bits per heavy atom. The van der Waals surface area contributed by atoms with Gasteiger partial charge in [0.25, 0.3) is 0 Å². The molecule has 172 valence electrons. The lowest BCUT2D eigenvalue weighted by Gasteiger charge is -2.28. The second-order valence-corrected chi connectivity index (χ2v) is 9.48. The molecule has 4 aromatic carbocycles. The molecule has 0 radical (unpaired) electrons. The Morgan fingerprint density at radius 1 is 0.706 bits per heavy atom. The van der Waals surface area contributed by atoms with Crippen molar-refractivity contribution in [2.45, 2.75) is 13.8 Å². The van der Waals surface area contributed by atoms with E-state index in [4.69, 9.17) is 18.5 Å². The topological polar surface area (TPSA) is 57.2 Å². The number of aryl methyl sites for hydroxylation is 2. The number of fused-ring (bicyclic) bond motifs is 3. The molecule has 0 spiro atoms. The smallest absolute Gasteiger partial charge is 0.326 e. The maximum atomic E-state index is 11.0. The molecule has 0 saturated carbocycles. The van der Waals surface area contributed by atoms with Crippen LogP contribution in [0.4, 0.5) is 0 Å². The first-order valence-electron chi connectivity index (χ1n) is 10.9. The fraction of sp³-hybridized carbons (Fsp3) is 0.143. The van der Waals surface area contributed by atoms with Crippen molar-refractivity contribution in [3.63, 3.8) is 0 Å². The van der Waals surface area contributed by atoms with Crippen LogP contribution in [0.1, 0.15) is 11.1 Å². The van der Waals surface area contributed by atoms with Crippen molar-refractivity contribution in [3.8, 4) is 51.0 Å². The molecule has 1 aliphatic rings. The molecule has 0 saturated heterocycles. The summed E-state index contributed by atoms with van der Waals surface area (Å²) in [5.41, 5.74) is 5.04. The third kappa shape index (κ3) is 3.82. The fourth-order valence-electron chi connectivity index (χ4n) is 4.17. The van der Waals surface area contributed by atoms with E-state index < -0.39 is 8.38 Å². The van der Waals surface area contributed by atoms with Crippen molar-refractivity contribution in [1.29, 1.82) is 0 Å². The molecule has 1 unspecified atom stereocenters. The summed E-state index contributed by atoms with van der Waals surface area (Å²) in [5.74, 6) is 2.91. The average molecular weight is 472 g/mol. The lowest BCUT2D eigenvalue weighted by molar-refractivity contribution is 0.411. The zero-order valence-electron chi connectivity index (χ0n) is 19.5. The van der Waals surface area contributed by atoms with Gasteiger partial charge in [-0.15, -0.1) is 0 Å². The van der Waals surface area contributed by atoms with Gasteiger partial charge < -0.3 is 23.6 Å². The van der Waals surface area contributed by atoms with E-state index >= 15 is 0 Å². The highest BCUT2D eigenvalue weighted by molar-refractivity contribution is 7.57. The number of aromatic hydroxyl groups is 1. The summed E-state index contributed by atoms with van der Waals surface area (Å²) in [4.78, 5) is 0. The van der Waals surface area contributed by atoms with E-state index in [1.165, 1.54) is 0 Å². The minimum Gasteiger partial charge on any atom is -0.507 e. The number of phenolic OH excluding ortho intramolecular Hbond substituents is 1. The van der Waals surface area contributed by atoms with E-state index in [1.807, 2.05) is 68.4 Å². The van der Waals surface area contributed by atoms with Crippen LogP contribution in [0.5, 0.6) is 28.7 Å². The van der Waals surface area contributed by atoms with Crippen LogP contribution in [-0.4, -0.2) is 19.3 Å². The van der Waals surface area contributed by atoms with Crippen LogP contribution in [0.15, 0.2) is 72.8 Å². The van der Waals surface area contributed by atoms with Crippen LogP contribution >= 0.6 is 8.38 Å². The number of rotatable bonds is 5. The quantitative estimate of drug-likeness (QED) is 0.325. The summed E-state index contributed by atoms with van der Waals surface area (Å²) in [6, 6.07) is 23.5. The van der Waals surface area contributed by atoms with Gasteiger partial charge in [-0.25, -0.2) is 0 Å². The molecular formula is C28H25O5P. The van der Waals surface area contributed by atoms with E-state index in [0.29, 0.717) is 33.9 Å². The predicted octanol–water partition coefficient (Wildman–Crippen LogP) is 6.77. The van der Waals surface area contributed by atoms with Gasteiger partial charge in [0, 0.05) is 16.7 Å². The summed E-state index contributed by atoms with van der Waals surface area (Å²) in [7, 11) is 1.76. The number of phenols is 1. The number of ether oxygens (including phenoxy) is 2. The van der Waals surface area contributed by atoms with Crippen molar-refractivity contribution in [1.82, 2.24) is 0 Å². The molecule has 34 heavy (non-hydrogen) atoms. The molecule has 0 aliphatic carbocycles. The molecule has 4 aromatic rings. The van der Waals surface area contributed by atoms with Gasteiger partial charge in [0.1, 0.15) is 28.7 Å². The minimum atomic E-state index is -1.47. The highest BCUT2D eigenvalue weighted by Gasteiger charge is 2.31. The van der Waals surface area contributed by atoms with Crippen LogP contribution in [-0.2, 0) is 0 Å². The molecule has 1 atom stereocenters. The Labute approximate surface area is 200 Å². The van der Waals surface area contributed by atoms with Crippen molar-refractivity contribution in [3.05, 3.63) is 83.9 Å². The third-order valence-corrected chi connectivity index (χ3v) is 7.41. The second-order valence-electron chi connectivity index (χ2n) is 8.11. The van der Waals surface area contributed by atoms with Gasteiger partial charge in [-0.05, 0) is 66.9 Å². The minimum absolute atomic E-state index is 0.168. The number of hydrogen-bond donors (Lipinski definition) is 1. The summed E-state index contributed by atoms with van der Waals surface area (Å²) in [6.07, 6.45) is 0. The number of para-hydroxylation sites is 1. The van der Waals surface area contributed by atoms with Gasteiger partial charge in [0.05, 0.1) is 19.5 Å². The van der Waals surface area contributed by atoms with Crippen molar-refractivity contribution >= 4 is 13.7 Å². The highest BCUT2D eigenvalue weighted by Crippen LogP contribution is 2.53. The van der Waals surface area contributed by atoms with Crippen molar-refractivity contribution in [2.24, 2.45) is 0 Å². The highest BCUT2D eigenvalue weighted by atomic mass is 31.2. The summed E-state index contributed by atoms with van der Waals surface area (Å²) in [5, 5.41) is 12.0. The van der Waals surface area contributed by atoms with E-state index in [9.17, 15) is 5.11 Å². The molecule has 0 bridgehead atoms.